The van der Waals surface area contributed by atoms with Gasteiger partial charge in [0.2, 0.25) is 0 Å². The van der Waals surface area contributed by atoms with Gasteiger partial charge in [-0.25, -0.2) is 4.79 Å². The molecule has 0 unspecified atom stereocenters. The van der Waals surface area contributed by atoms with E-state index < -0.39 is 0 Å². The topological polar surface area (TPSA) is 65.0 Å². The summed E-state index contributed by atoms with van der Waals surface area (Å²) < 4.78 is 17.9. The van der Waals surface area contributed by atoms with Crippen LogP contribution in [-0.4, -0.2) is 48.2 Å². The minimum Gasteiger partial charge on any atom is -0.459 e. The van der Waals surface area contributed by atoms with E-state index in [1.54, 1.807) is 6.08 Å². The lowest BCUT2D eigenvalue weighted by Crippen LogP contribution is -2.26. The third-order valence-corrected chi connectivity index (χ3v) is 7.87. The molecule has 1 saturated carbocycles. The number of aliphatic hydroxyl groups excluding tert-OH is 1. The second kappa shape index (κ2) is 13.0. The van der Waals surface area contributed by atoms with E-state index in [1.165, 1.54) is 5.57 Å². The first-order valence-corrected chi connectivity index (χ1v) is 13.8. The van der Waals surface area contributed by atoms with Gasteiger partial charge in [0.25, 0.3) is 0 Å². The number of fused-ring (bicyclic) bond motifs is 3. The van der Waals surface area contributed by atoms with Crippen molar-refractivity contribution in [1.29, 1.82) is 0 Å². The summed E-state index contributed by atoms with van der Waals surface area (Å²) in [6.07, 6.45) is 21.1. The molecule has 0 amide bonds. The molecule has 0 aromatic carbocycles. The summed E-state index contributed by atoms with van der Waals surface area (Å²) >= 11 is 0. The van der Waals surface area contributed by atoms with E-state index in [0.717, 1.165) is 44.1 Å². The van der Waals surface area contributed by atoms with E-state index >= 15 is 0 Å². The molecule has 0 aromatic heterocycles. The second-order valence-corrected chi connectivity index (χ2v) is 11.4. The van der Waals surface area contributed by atoms with Crippen molar-refractivity contribution in [1.82, 2.24) is 0 Å². The number of rotatable bonds is 3. The number of ether oxygens (including phenoxy) is 3. The Morgan fingerprint density at radius 1 is 1.14 bits per heavy atom. The Morgan fingerprint density at radius 3 is 2.83 bits per heavy atom. The first kappa shape index (κ1) is 27.1. The van der Waals surface area contributed by atoms with Gasteiger partial charge in [-0.3, -0.25) is 0 Å². The van der Waals surface area contributed by atoms with Gasteiger partial charge in [0.05, 0.1) is 31.0 Å². The Kier molecular flexibility index (Phi) is 9.80. The van der Waals surface area contributed by atoms with Crippen molar-refractivity contribution in [3.8, 4) is 0 Å². The fraction of sp³-hybridized carbons (Fsp3) is 0.645. The van der Waals surface area contributed by atoms with Gasteiger partial charge in [0, 0.05) is 12.5 Å². The zero-order valence-corrected chi connectivity index (χ0v) is 22.0. The zero-order chi connectivity index (χ0) is 25.5. The molecule has 5 heteroatoms. The number of hydrogen-bond acceptors (Lipinski definition) is 5. The molecule has 1 N–H and O–H groups in total. The van der Waals surface area contributed by atoms with Crippen LogP contribution in [0, 0.1) is 17.8 Å². The monoisotopic (exact) mass is 496 g/mol. The molecular formula is C31H44O5. The number of cyclic esters (lactones) is 1. The molecule has 0 aromatic rings. The fourth-order valence-corrected chi connectivity index (χ4v) is 5.90. The van der Waals surface area contributed by atoms with Gasteiger partial charge in [-0.1, -0.05) is 61.1 Å². The molecule has 36 heavy (non-hydrogen) atoms. The normalized spacial score (nSPS) is 39.5. The second-order valence-electron chi connectivity index (χ2n) is 11.4. The van der Waals surface area contributed by atoms with Crippen LogP contribution >= 0.6 is 0 Å². The average Bonchev–Trinajstić information content (AvgIpc) is 3.58. The third-order valence-electron chi connectivity index (χ3n) is 7.87. The van der Waals surface area contributed by atoms with Crippen LogP contribution in [0.5, 0.6) is 0 Å². The summed E-state index contributed by atoms with van der Waals surface area (Å²) in [5.41, 5.74) is 2.47. The molecule has 2 bridgehead atoms. The molecule has 4 rings (SSSR count). The lowest BCUT2D eigenvalue weighted by molar-refractivity contribution is -0.143. The van der Waals surface area contributed by atoms with Crippen molar-refractivity contribution in [3.05, 3.63) is 60.3 Å². The molecule has 1 fully saturated rings. The summed E-state index contributed by atoms with van der Waals surface area (Å²) in [6, 6.07) is 0. The maximum atomic E-state index is 12.7. The predicted octanol–water partition coefficient (Wildman–Crippen LogP) is 6.00. The highest BCUT2D eigenvalue weighted by Gasteiger charge is 2.43. The fourth-order valence-electron chi connectivity index (χ4n) is 5.90. The molecular weight excluding hydrogens is 452 g/mol. The summed E-state index contributed by atoms with van der Waals surface area (Å²) in [4.78, 5) is 12.7. The van der Waals surface area contributed by atoms with E-state index in [9.17, 15) is 9.90 Å². The van der Waals surface area contributed by atoms with Crippen molar-refractivity contribution in [2.24, 2.45) is 17.8 Å². The Hall–Kier alpha value is -1.95. The molecule has 198 valence electrons. The first-order valence-electron chi connectivity index (χ1n) is 13.8. The van der Waals surface area contributed by atoms with Crippen LogP contribution in [0.15, 0.2) is 60.3 Å². The summed E-state index contributed by atoms with van der Waals surface area (Å²) in [5, 5.41) is 10.9. The molecule has 0 saturated heterocycles. The van der Waals surface area contributed by atoms with Crippen molar-refractivity contribution in [2.75, 3.05) is 6.61 Å². The molecule has 8 atom stereocenters. The molecule has 0 radical (unpaired) electrons. The van der Waals surface area contributed by atoms with Crippen LogP contribution in [0.25, 0.3) is 0 Å². The van der Waals surface area contributed by atoms with Crippen molar-refractivity contribution in [2.45, 2.75) is 102 Å². The SMILES string of the molecule is C=C1C[C@H](C)C[C@@H]2CC=C[C@@H](C/C=C\C(=O)O[C@H](C/C=C/[C@@H]3CC(C)=CCO3)C[C@@H]3C[C@H]3[C@@H](O)C1)O2. The summed E-state index contributed by atoms with van der Waals surface area (Å²) in [6.45, 7) is 9.30. The number of hydrogen-bond donors (Lipinski definition) is 1. The molecule has 5 nitrogen and oxygen atoms in total. The van der Waals surface area contributed by atoms with Crippen molar-refractivity contribution >= 4 is 5.97 Å². The number of carbonyl (C=O) groups excluding carboxylic acids is 1. The highest BCUT2D eigenvalue weighted by molar-refractivity contribution is 5.82. The molecule has 3 aliphatic heterocycles. The highest BCUT2D eigenvalue weighted by atomic mass is 16.5. The molecule has 3 heterocycles. The lowest BCUT2D eigenvalue weighted by atomic mass is 9.91. The van der Waals surface area contributed by atoms with Gasteiger partial charge in [0.15, 0.2) is 0 Å². The third kappa shape index (κ3) is 8.57. The van der Waals surface area contributed by atoms with E-state index in [2.05, 4.69) is 50.8 Å². The van der Waals surface area contributed by atoms with E-state index in [4.69, 9.17) is 14.2 Å². The van der Waals surface area contributed by atoms with E-state index in [-0.39, 0.29) is 42.4 Å². The van der Waals surface area contributed by atoms with Gasteiger partial charge < -0.3 is 19.3 Å². The maximum absolute atomic E-state index is 12.7. The quantitative estimate of drug-likeness (QED) is 0.383. The van der Waals surface area contributed by atoms with Crippen LogP contribution in [0.4, 0.5) is 0 Å². The smallest absolute Gasteiger partial charge is 0.330 e. The maximum Gasteiger partial charge on any atom is 0.330 e. The number of esters is 1. The van der Waals surface area contributed by atoms with Crippen LogP contribution in [0.3, 0.4) is 0 Å². The van der Waals surface area contributed by atoms with Gasteiger partial charge in [-0.05, 0) is 76.0 Å². The number of aliphatic hydroxyl groups is 1. The Morgan fingerprint density at radius 2 is 2.00 bits per heavy atom. The Bertz CT molecular complexity index is 883. The van der Waals surface area contributed by atoms with Gasteiger partial charge in [-0.2, -0.15) is 0 Å². The molecule has 4 aliphatic rings. The number of carbonyl (C=O) groups is 1. The summed E-state index contributed by atoms with van der Waals surface area (Å²) in [7, 11) is 0. The Balaban J connectivity index is 1.40. The van der Waals surface area contributed by atoms with Gasteiger partial charge in [-0.15, -0.1) is 0 Å². The Labute approximate surface area is 217 Å². The van der Waals surface area contributed by atoms with Crippen LogP contribution in [-0.2, 0) is 19.0 Å². The summed E-state index contributed by atoms with van der Waals surface area (Å²) in [5.74, 6) is 0.801. The average molecular weight is 497 g/mol. The van der Waals surface area contributed by atoms with Crippen LogP contribution in [0.1, 0.15) is 71.6 Å². The van der Waals surface area contributed by atoms with Crippen LogP contribution < -0.4 is 0 Å². The largest absolute Gasteiger partial charge is 0.459 e. The lowest BCUT2D eigenvalue weighted by Gasteiger charge is -2.28. The minimum atomic E-state index is -0.371. The van der Waals surface area contributed by atoms with E-state index in [1.807, 2.05) is 6.08 Å². The van der Waals surface area contributed by atoms with Crippen LogP contribution in [0.2, 0.25) is 0 Å². The first-order chi connectivity index (χ1) is 17.4. The zero-order valence-electron chi connectivity index (χ0n) is 22.0. The standard InChI is InChI=1S/C31H44O5/c1-21-13-14-34-26(16-21)9-5-11-28-19-24-20-29(24)30(32)18-23(3)15-22(2)17-27-10-4-7-25(35-27)8-6-12-31(33)36-28/h4-7,9,12-13,22,24-30,32H,3,8,10-11,14-20H2,1-2H3/b9-5+,12-6-/t22-,24+,25-,26+,27-,28+,29+,30-/m0/s1. The van der Waals surface area contributed by atoms with Crippen molar-refractivity contribution < 1.29 is 24.1 Å². The van der Waals surface area contributed by atoms with Gasteiger partial charge >= 0.3 is 5.97 Å². The predicted molar refractivity (Wildman–Crippen MR) is 142 cm³/mol. The van der Waals surface area contributed by atoms with Crippen molar-refractivity contribution in [3.63, 3.8) is 0 Å². The minimum absolute atomic E-state index is 0.0112. The molecule has 0 spiro atoms. The molecule has 1 aliphatic carbocycles. The van der Waals surface area contributed by atoms with E-state index in [0.29, 0.717) is 37.7 Å². The highest BCUT2D eigenvalue weighted by Crippen LogP contribution is 2.47. The van der Waals surface area contributed by atoms with Gasteiger partial charge in [0.1, 0.15) is 6.10 Å².